The molecule has 4 nitrogen and oxygen atoms in total. The van der Waals surface area contributed by atoms with Crippen molar-refractivity contribution < 1.29 is 9.31 Å². The molecule has 6 heteroatoms. The number of hydrogen-bond acceptors (Lipinski definition) is 3. The minimum absolute atomic E-state index is 0.0550. The quantitative estimate of drug-likeness (QED) is 0.563. The lowest BCUT2D eigenvalue weighted by Crippen LogP contribution is -1.92. The van der Waals surface area contributed by atoms with Gasteiger partial charge in [0.25, 0.3) is 5.69 Å². The van der Waals surface area contributed by atoms with Crippen molar-refractivity contribution in [3.63, 3.8) is 0 Å². The smallest absolute Gasteiger partial charge is 0.258 e. The van der Waals surface area contributed by atoms with E-state index in [9.17, 15) is 14.5 Å². The van der Waals surface area contributed by atoms with Crippen LogP contribution in [0.15, 0.2) is 16.6 Å². The van der Waals surface area contributed by atoms with Crippen molar-refractivity contribution in [3.05, 3.63) is 38.1 Å². The normalized spacial score (nSPS) is 9.31. The van der Waals surface area contributed by atoms with Crippen molar-refractivity contribution >= 4 is 21.6 Å². The van der Waals surface area contributed by atoms with Gasteiger partial charge in [0.15, 0.2) is 0 Å². The summed E-state index contributed by atoms with van der Waals surface area (Å²) in [5.41, 5.74) is -0.524. The van der Waals surface area contributed by atoms with Crippen LogP contribution in [0.2, 0.25) is 0 Å². The Labute approximate surface area is 80.9 Å². The lowest BCUT2D eigenvalue weighted by molar-refractivity contribution is -0.385. The monoisotopic (exact) mass is 244 g/mol. The highest BCUT2D eigenvalue weighted by Gasteiger charge is 2.14. The number of benzene rings is 1. The minimum Gasteiger partial charge on any atom is -0.258 e. The van der Waals surface area contributed by atoms with Crippen LogP contribution < -0.4 is 0 Å². The maximum Gasteiger partial charge on any atom is 0.273 e. The summed E-state index contributed by atoms with van der Waals surface area (Å²) in [5.74, 6) is -0.814. The van der Waals surface area contributed by atoms with Gasteiger partial charge in [-0.25, -0.2) is 4.39 Å². The van der Waals surface area contributed by atoms with Crippen LogP contribution in [-0.4, -0.2) is 4.92 Å². The highest BCUT2D eigenvalue weighted by Crippen LogP contribution is 2.25. The molecule has 0 aliphatic rings. The average Bonchev–Trinajstić information content (AvgIpc) is 2.09. The molecule has 0 atom stereocenters. The van der Waals surface area contributed by atoms with E-state index < -0.39 is 16.4 Å². The predicted molar refractivity (Wildman–Crippen MR) is 45.5 cm³/mol. The van der Waals surface area contributed by atoms with Crippen molar-refractivity contribution in [2.24, 2.45) is 0 Å². The van der Waals surface area contributed by atoms with Gasteiger partial charge in [0, 0.05) is 6.07 Å². The van der Waals surface area contributed by atoms with Crippen LogP contribution in [0.4, 0.5) is 10.1 Å². The Morgan fingerprint density at radius 2 is 2.23 bits per heavy atom. The van der Waals surface area contributed by atoms with Crippen LogP contribution >= 0.6 is 15.9 Å². The second kappa shape index (κ2) is 3.49. The number of non-ortho nitro benzene ring substituents is 1. The SMILES string of the molecule is N#Cc1cc([N+](=O)[O-])cc(F)c1Br. The third-order valence-corrected chi connectivity index (χ3v) is 2.15. The maximum absolute atomic E-state index is 12.9. The van der Waals surface area contributed by atoms with E-state index in [1.54, 1.807) is 6.07 Å². The van der Waals surface area contributed by atoms with Gasteiger partial charge in [-0.3, -0.25) is 10.1 Å². The molecule has 0 aromatic heterocycles. The van der Waals surface area contributed by atoms with Gasteiger partial charge in [0.05, 0.1) is 21.0 Å². The lowest BCUT2D eigenvalue weighted by Gasteiger charge is -1.96. The van der Waals surface area contributed by atoms with Crippen LogP contribution in [0.25, 0.3) is 0 Å². The topological polar surface area (TPSA) is 66.9 Å². The second-order valence-corrected chi connectivity index (χ2v) is 2.95. The van der Waals surface area contributed by atoms with Crippen molar-refractivity contribution in [1.82, 2.24) is 0 Å². The fourth-order valence-electron chi connectivity index (χ4n) is 0.762. The third kappa shape index (κ3) is 1.81. The fourth-order valence-corrected chi connectivity index (χ4v) is 1.08. The second-order valence-electron chi connectivity index (χ2n) is 2.16. The molecule has 0 bridgehead atoms. The Morgan fingerprint density at radius 1 is 1.62 bits per heavy atom. The molecular formula is C7H2BrFN2O2. The van der Waals surface area contributed by atoms with Gasteiger partial charge in [-0.1, -0.05) is 0 Å². The summed E-state index contributed by atoms with van der Waals surface area (Å²) in [6.45, 7) is 0. The molecule has 13 heavy (non-hydrogen) atoms. The summed E-state index contributed by atoms with van der Waals surface area (Å²) >= 11 is 2.80. The van der Waals surface area contributed by atoms with E-state index in [2.05, 4.69) is 15.9 Å². The zero-order chi connectivity index (χ0) is 10.0. The first-order valence-corrected chi connectivity index (χ1v) is 3.89. The fraction of sp³-hybridized carbons (Fsp3) is 0. The van der Waals surface area contributed by atoms with Crippen LogP contribution in [0, 0.1) is 27.3 Å². The van der Waals surface area contributed by atoms with Crippen molar-refractivity contribution in [3.8, 4) is 6.07 Å². The Hall–Kier alpha value is -1.48. The minimum atomic E-state index is -0.814. The largest absolute Gasteiger partial charge is 0.273 e. The molecular weight excluding hydrogens is 243 g/mol. The number of nitrogens with zero attached hydrogens (tertiary/aromatic N) is 2. The van der Waals surface area contributed by atoms with E-state index in [4.69, 9.17) is 5.26 Å². The van der Waals surface area contributed by atoms with E-state index >= 15 is 0 Å². The molecule has 0 aliphatic carbocycles. The highest BCUT2D eigenvalue weighted by atomic mass is 79.9. The molecule has 0 fully saturated rings. The zero-order valence-corrected chi connectivity index (χ0v) is 7.71. The van der Waals surface area contributed by atoms with Gasteiger partial charge in [-0.05, 0) is 15.9 Å². The van der Waals surface area contributed by atoms with Crippen molar-refractivity contribution in [2.45, 2.75) is 0 Å². The number of halogens is 2. The van der Waals surface area contributed by atoms with Gasteiger partial charge in [-0.2, -0.15) is 5.26 Å². The summed E-state index contributed by atoms with van der Waals surface area (Å²) in [4.78, 5) is 9.49. The molecule has 0 heterocycles. The molecule has 0 aliphatic heterocycles. The Kier molecular flexibility index (Phi) is 2.58. The number of rotatable bonds is 1. The first-order valence-electron chi connectivity index (χ1n) is 3.10. The zero-order valence-electron chi connectivity index (χ0n) is 6.12. The van der Waals surface area contributed by atoms with E-state index in [0.717, 1.165) is 12.1 Å². The third-order valence-electron chi connectivity index (χ3n) is 1.34. The average molecular weight is 245 g/mol. The number of nitriles is 1. The molecule has 1 aromatic carbocycles. The standard InChI is InChI=1S/C7H2BrFN2O2/c8-7-4(3-10)1-5(11(12)13)2-6(7)9/h1-2H. The lowest BCUT2D eigenvalue weighted by atomic mass is 10.2. The number of hydrogen-bond donors (Lipinski definition) is 0. The highest BCUT2D eigenvalue weighted by molar-refractivity contribution is 9.10. The summed E-state index contributed by atoms with van der Waals surface area (Å²) in [6.07, 6.45) is 0. The van der Waals surface area contributed by atoms with Crippen molar-refractivity contribution in [1.29, 1.82) is 5.26 Å². The summed E-state index contributed by atoms with van der Waals surface area (Å²) in [6, 6.07) is 3.40. The van der Waals surface area contributed by atoms with Crippen LogP contribution in [0.3, 0.4) is 0 Å². The Bertz CT molecular complexity index is 414. The van der Waals surface area contributed by atoms with Gasteiger partial charge in [0.1, 0.15) is 11.9 Å². The molecule has 0 unspecified atom stereocenters. The Morgan fingerprint density at radius 3 is 2.69 bits per heavy atom. The molecule has 0 spiro atoms. The van der Waals surface area contributed by atoms with E-state index in [1.165, 1.54) is 0 Å². The summed E-state index contributed by atoms with van der Waals surface area (Å²) in [7, 11) is 0. The number of nitro benzene ring substituents is 1. The van der Waals surface area contributed by atoms with Crippen LogP contribution in [0.1, 0.15) is 5.56 Å². The number of nitro groups is 1. The summed E-state index contributed by atoms with van der Waals surface area (Å²) in [5, 5.41) is 18.7. The van der Waals surface area contributed by atoms with Gasteiger partial charge in [-0.15, -0.1) is 0 Å². The van der Waals surface area contributed by atoms with Crippen molar-refractivity contribution in [2.75, 3.05) is 0 Å². The first kappa shape index (κ1) is 9.61. The molecule has 1 rings (SSSR count). The van der Waals surface area contributed by atoms with Gasteiger partial charge >= 0.3 is 0 Å². The molecule has 0 saturated carbocycles. The molecule has 0 N–H and O–H groups in total. The molecule has 66 valence electrons. The van der Waals surface area contributed by atoms with Gasteiger partial charge in [0.2, 0.25) is 0 Å². The van der Waals surface area contributed by atoms with E-state index in [1.807, 2.05) is 0 Å². The molecule has 0 radical (unpaired) electrons. The molecule has 1 aromatic rings. The van der Waals surface area contributed by atoms with Gasteiger partial charge < -0.3 is 0 Å². The van der Waals surface area contributed by atoms with E-state index in [-0.39, 0.29) is 10.0 Å². The molecule has 0 saturated heterocycles. The van der Waals surface area contributed by atoms with Crippen LogP contribution in [0.5, 0.6) is 0 Å². The van der Waals surface area contributed by atoms with E-state index in [0.29, 0.717) is 0 Å². The maximum atomic E-state index is 12.9. The predicted octanol–water partition coefficient (Wildman–Crippen LogP) is 2.37. The Balaban J connectivity index is 3.41. The summed E-state index contributed by atoms with van der Waals surface area (Å²) < 4.78 is 12.8. The molecule has 0 amide bonds. The first-order chi connectivity index (χ1) is 6.06. The van der Waals surface area contributed by atoms with Crippen LogP contribution in [-0.2, 0) is 0 Å².